The summed E-state index contributed by atoms with van der Waals surface area (Å²) in [4.78, 5) is 28.2. The van der Waals surface area contributed by atoms with Crippen molar-refractivity contribution in [3.8, 4) is 0 Å². The lowest BCUT2D eigenvalue weighted by Crippen LogP contribution is -2.37. The first-order valence-corrected chi connectivity index (χ1v) is 8.30. The molecule has 1 heterocycles. The van der Waals surface area contributed by atoms with Crippen LogP contribution in [0.1, 0.15) is 52.9 Å². The lowest BCUT2D eigenvalue weighted by atomic mass is 10.1. The molecule has 0 spiro atoms. The molecule has 2 atom stereocenters. The quantitative estimate of drug-likeness (QED) is 0.739. The molecule has 2 N–H and O–H groups in total. The average molecular weight is 334 g/mol. The minimum atomic E-state index is 0. The molecule has 0 aromatic heterocycles. The number of amides is 2. The topological polar surface area (TPSA) is 66.6 Å². The fourth-order valence-electron chi connectivity index (χ4n) is 3.08. The van der Waals surface area contributed by atoms with Crippen molar-refractivity contribution < 1.29 is 9.59 Å². The van der Waals surface area contributed by atoms with Gasteiger partial charge in [-0.05, 0) is 38.6 Å². The predicted octanol–water partition coefficient (Wildman–Crippen LogP) is 2.03. The second-order valence-corrected chi connectivity index (χ2v) is 6.11. The summed E-state index contributed by atoms with van der Waals surface area (Å²) < 4.78 is 0. The molecule has 0 saturated carbocycles. The molecule has 1 aliphatic rings. The molecule has 0 aliphatic carbocycles. The maximum Gasteiger partial charge on any atom is 0.223 e. The van der Waals surface area contributed by atoms with Gasteiger partial charge in [-0.1, -0.05) is 13.8 Å². The number of hydrogen-bond donors (Lipinski definition) is 1. The Morgan fingerprint density at radius 1 is 1.18 bits per heavy atom. The van der Waals surface area contributed by atoms with Crippen LogP contribution in [-0.4, -0.2) is 53.8 Å². The van der Waals surface area contributed by atoms with Gasteiger partial charge < -0.3 is 15.5 Å². The molecule has 2 amide bonds. The van der Waals surface area contributed by atoms with E-state index in [0.717, 1.165) is 38.9 Å². The van der Waals surface area contributed by atoms with Crippen LogP contribution in [0.25, 0.3) is 0 Å². The number of hydrogen-bond acceptors (Lipinski definition) is 3. The summed E-state index contributed by atoms with van der Waals surface area (Å²) >= 11 is 0. The van der Waals surface area contributed by atoms with Crippen LogP contribution in [0.5, 0.6) is 0 Å². The lowest BCUT2D eigenvalue weighted by molar-refractivity contribution is -0.137. The van der Waals surface area contributed by atoms with Crippen LogP contribution in [0.15, 0.2) is 0 Å². The molecule has 1 rings (SSSR count). The zero-order valence-electron chi connectivity index (χ0n) is 14.2. The number of nitrogens with zero attached hydrogens (tertiary/aromatic N) is 2. The van der Waals surface area contributed by atoms with E-state index in [2.05, 4.69) is 20.8 Å². The standard InChI is InChI=1S/C16H31N3O2.ClH/c1-4-8-18(9-5-2)15(20)6-7-16(21)19-12-14(11-17)10-13(19)3;/h13-14H,4-12,17H2,1-3H3;1H. The monoisotopic (exact) mass is 333 g/mol. The van der Waals surface area contributed by atoms with Crippen LogP contribution in [0.4, 0.5) is 0 Å². The first-order chi connectivity index (χ1) is 10.0. The van der Waals surface area contributed by atoms with Crippen molar-refractivity contribution in [2.75, 3.05) is 26.2 Å². The molecule has 6 heteroatoms. The first kappa shape index (κ1) is 21.2. The third-order valence-electron chi connectivity index (χ3n) is 4.21. The van der Waals surface area contributed by atoms with Crippen molar-refractivity contribution in [2.24, 2.45) is 11.7 Å². The molecule has 1 aliphatic heterocycles. The van der Waals surface area contributed by atoms with Gasteiger partial charge >= 0.3 is 0 Å². The number of nitrogens with two attached hydrogens (primary N) is 1. The fourth-order valence-corrected chi connectivity index (χ4v) is 3.08. The van der Waals surface area contributed by atoms with E-state index >= 15 is 0 Å². The summed E-state index contributed by atoms with van der Waals surface area (Å²) in [6.07, 6.45) is 3.55. The largest absolute Gasteiger partial charge is 0.343 e. The van der Waals surface area contributed by atoms with Crippen molar-refractivity contribution in [1.82, 2.24) is 9.80 Å². The molecule has 0 radical (unpaired) electrons. The zero-order valence-corrected chi connectivity index (χ0v) is 15.0. The second kappa shape index (κ2) is 10.8. The summed E-state index contributed by atoms with van der Waals surface area (Å²) in [5, 5.41) is 0. The lowest BCUT2D eigenvalue weighted by Gasteiger charge is -2.24. The third-order valence-corrected chi connectivity index (χ3v) is 4.21. The van der Waals surface area contributed by atoms with Gasteiger partial charge in [-0.2, -0.15) is 0 Å². The van der Waals surface area contributed by atoms with Crippen molar-refractivity contribution in [3.63, 3.8) is 0 Å². The van der Waals surface area contributed by atoms with Crippen molar-refractivity contribution in [2.45, 2.75) is 58.9 Å². The van der Waals surface area contributed by atoms with Crippen LogP contribution in [0.3, 0.4) is 0 Å². The molecule has 5 nitrogen and oxygen atoms in total. The minimum absolute atomic E-state index is 0. The smallest absolute Gasteiger partial charge is 0.223 e. The first-order valence-electron chi connectivity index (χ1n) is 8.30. The van der Waals surface area contributed by atoms with E-state index in [1.807, 2.05) is 9.80 Å². The zero-order chi connectivity index (χ0) is 15.8. The highest BCUT2D eigenvalue weighted by atomic mass is 35.5. The third kappa shape index (κ3) is 6.13. The van der Waals surface area contributed by atoms with Crippen molar-refractivity contribution in [1.29, 1.82) is 0 Å². The Kier molecular flexibility index (Phi) is 10.4. The highest BCUT2D eigenvalue weighted by Crippen LogP contribution is 2.23. The van der Waals surface area contributed by atoms with Gasteiger partial charge in [0.05, 0.1) is 0 Å². The van der Waals surface area contributed by atoms with Gasteiger partial charge in [-0.25, -0.2) is 0 Å². The highest BCUT2D eigenvalue weighted by Gasteiger charge is 2.31. The summed E-state index contributed by atoms with van der Waals surface area (Å²) in [5.74, 6) is 0.616. The van der Waals surface area contributed by atoms with E-state index in [1.165, 1.54) is 0 Å². The SMILES string of the molecule is CCCN(CCC)C(=O)CCC(=O)N1CC(CN)CC1C.Cl. The average Bonchev–Trinajstić information content (AvgIpc) is 2.85. The molecular weight excluding hydrogens is 302 g/mol. The van der Waals surface area contributed by atoms with Gasteiger partial charge in [0.15, 0.2) is 0 Å². The normalized spacial score (nSPS) is 20.6. The van der Waals surface area contributed by atoms with Gasteiger partial charge in [0, 0.05) is 38.5 Å². The van der Waals surface area contributed by atoms with Gasteiger partial charge in [-0.3, -0.25) is 9.59 Å². The Labute approximate surface area is 141 Å². The van der Waals surface area contributed by atoms with E-state index in [0.29, 0.717) is 25.3 Å². The Balaban J connectivity index is 0.00000441. The van der Waals surface area contributed by atoms with Gasteiger partial charge in [0.1, 0.15) is 0 Å². The molecule has 1 fully saturated rings. The summed E-state index contributed by atoms with van der Waals surface area (Å²) in [6.45, 7) is 9.16. The van der Waals surface area contributed by atoms with E-state index in [4.69, 9.17) is 5.73 Å². The highest BCUT2D eigenvalue weighted by molar-refractivity contribution is 5.85. The Bertz CT molecular complexity index is 346. The Morgan fingerprint density at radius 2 is 1.77 bits per heavy atom. The molecule has 22 heavy (non-hydrogen) atoms. The molecule has 1 saturated heterocycles. The molecular formula is C16H32ClN3O2. The molecule has 0 bridgehead atoms. The van der Waals surface area contributed by atoms with Crippen LogP contribution in [0.2, 0.25) is 0 Å². The van der Waals surface area contributed by atoms with Crippen molar-refractivity contribution >= 4 is 24.2 Å². The van der Waals surface area contributed by atoms with E-state index in [9.17, 15) is 9.59 Å². The predicted molar refractivity (Wildman–Crippen MR) is 92.0 cm³/mol. The number of likely N-dealkylation sites (tertiary alicyclic amines) is 1. The maximum absolute atomic E-state index is 12.3. The fraction of sp³-hybridized carbons (Fsp3) is 0.875. The molecule has 130 valence electrons. The maximum atomic E-state index is 12.3. The van der Waals surface area contributed by atoms with E-state index in [1.54, 1.807) is 0 Å². The number of carbonyl (C=O) groups excluding carboxylic acids is 2. The molecule has 2 unspecified atom stereocenters. The molecule has 0 aromatic carbocycles. The van der Waals surface area contributed by atoms with Crippen LogP contribution < -0.4 is 5.73 Å². The van der Waals surface area contributed by atoms with E-state index < -0.39 is 0 Å². The van der Waals surface area contributed by atoms with E-state index in [-0.39, 0.29) is 30.3 Å². The molecule has 0 aromatic rings. The Hall–Kier alpha value is -0.810. The number of halogens is 1. The van der Waals surface area contributed by atoms with Crippen LogP contribution in [-0.2, 0) is 9.59 Å². The van der Waals surface area contributed by atoms with Crippen LogP contribution >= 0.6 is 12.4 Å². The second-order valence-electron chi connectivity index (χ2n) is 6.11. The summed E-state index contributed by atoms with van der Waals surface area (Å²) in [5.41, 5.74) is 5.69. The van der Waals surface area contributed by atoms with Gasteiger partial charge in [0.25, 0.3) is 0 Å². The van der Waals surface area contributed by atoms with Crippen LogP contribution in [0, 0.1) is 5.92 Å². The Morgan fingerprint density at radius 3 is 2.23 bits per heavy atom. The van der Waals surface area contributed by atoms with Crippen molar-refractivity contribution in [3.05, 3.63) is 0 Å². The summed E-state index contributed by atoms with van der Waals surface area (Å²) in [7, 11) is 0. The summed E-state index contributed by atoms with van der Waals surface area (Å²) in [6, 6.07) is 0.253. The van der Waals surface area contributed by atoms with Gasteiger partial charge in [-0.15, -0.1) is 12.4 Å². The minimum Gasteiger partial charge on any atom is -0.343 e. The van der Waals surface area contributed by atoms with Gasteiger partial charge in [0.2, 0.25) is 11.8 Å². The number of carbonyl (C=O) groups is 2. The number of rotatable bonds is 8.